The molecule has 4 nitrogen and oxygen atoms in total. The molecular formula is C19H28N2O2. The first-order valence-corrected chi connectivity index (χ1v) is 8.76. The maximum absolute atomic E-state index is 12.4. The molecule has 1 heterocycles. The van der Waals surface area contributed by atoms with E-state index < -0.39 is 5.60 Å². The number of fused-ring (bicyclic) bond motifs is 1. The Balaban J connectivity index is 1.75. The van der Waals surface area contributed by atoms with E-state index in [1.54, 1.807) is 0 Å². The van der Waals surface area contributed by atoms with Crippen LogP contribution in [0, 0.1) is 0 Å². The minimum absolute atomic E-state index is 0.200. The van der Waals surface area contributed by atoms with Crippen LogP contribution in [0.4, 0.5) is 4.79 Å². The Kier molecular flexibility index (Phi) is 4.62. The van der Waals surface area contributed by atoms with Crippen molar-refractivity contribution in [3.8, 4) is 0 Å². The van der Waals surface area contributed by atoms with Gasteiger partial charge in [0, 0.05) is 19.6 Å². The van der Waals surface area contributed by atoms with Gasteiger partial charge in [0.15, 0.2) is 0 Å². The third-order valence-electron chi connectivity index (χ3n) is 4.63. The Hall–Kier alpha value is -1.55. The molecule has 4 heteroatoms. The Bertz CT molecular complexity index is 577. The van der Waals surface area contributed by atoms with Crippen LogP contribution in [0.3, 0.4) is 0 Å². The first kappa shape index (κ1) is 16.3. The normalized spacial score (nSPS) is 21.7. The molecule has 0 bridgehead atoms. The molecule has 1 aliphatic carbocycles. The van der Waals surface area contributed by atoms with Crippen molar-refractivity contribution < 1.29 is 9.53 Å². The van der Waals surface area contributed by atoms with Crippen LogP contribution in [-0.4, -0.2) is 36.2 Å². The fraction of sp³-hybridized carbons (Fsp3) is 0.632. The van der Waals surface area contributed by atoms with Crippen molar-refractivity contribution in [1.29, 1.82) is 0 Å². The van der Waals surface area contributed by atoms with E-state index in [4.69, 9.17) is 4.74 Å². The molecule has 1 N–H and O–H groups in total. The summed E-state index contributed by atoms with van der Waals surface area (Å²) in [5.74, 6) is 0. The molecule has 1 unspecified atom stereocenters. The molecule has 1 fully saturated rings. The second-order valence-electron chi connectivity index (χ2n) is 7.63. The molecule has 1 aliphatic heterocycles. The van der Waals surface area contributed by atoms with Gasteiger partial charge in [-0.1, -0.05) is 18.2 Å². The predicted octanol–water partition coefficient (Wildman–Crippen LogP) is 3.45. The molecule has 1 amide bonds. The number of benzene rings is 1. The van der Waals surface area contributed by atoms with Crippen molar-refractivity contribution in [3.63, 3.8) is 0 Å². The van der Waals surface area contributed by atoms with Gasteiger partial charge in [-0.2, -0.15) is 0 Å². The third kappa shape index (κ3) is 3.86. The van der Waals surface area contributed by atoms with Crippen molar-refractivity contribution in [2.45, 2.75) is 58.1 Å². The SMILES string of the molecule is CC(C)(C)OC(=O)N1CCNC(c2cccc3c2CCCC3)C1. The average Bonchev–Trinajstić information content (AvgIpc) is 2.53. The largest absolute Gasteiger partial charge is 0.444 e. The number of hydrogen-bond donors (Lipinski definition) is 1. The maximum atomic E-state index is 12.4. The molecule has 1 aromatic carbocycles. The highest BCUT2D eigenvalue weighted by atomic mass is 16.6. The number of aryl methyl sites for hydroxylation is 1. The Morgan fingerprint density at radius 1 is 1.26 bits per heavy atom. The molecule has 1 atom stereocenters. The van der Waals surface area contributed by atoms with Gasteiger partial charge in [0.2, 0.25) is 0 Å². The van der Waals surface area contributed by atoms with Crippen molar-refractivity contribution >= 4 is 6.09 Å². The highest BCUT2D eigenvalue weighted by Gasteiger charge is 2.29. The zero-order valence-corrected chi connectivity index (χ0v) is 14.5. The van der Waals surface area contributed by atoms with Gasteiger partial charge in [-0.3, -0.25) is 0 Å². The number of carbonyl (C=O) groups is 1. The van der Waals surface area contributed by atoms with Crippen LogP contribution in [0.25, 0.3) is 0 Å². The monoisotopic (exact) mass is 316 g/mol. The van der Waals surface area contributed by atoms with Crippen LogP contribution in [-0.2, 0) is 17.6 Å². The molecule has 23 heavy (non-hydrogen) atoms. The molecule has 0 saturated carbocycles. The van der Waals surface area contributed by atoms with Gasteiger partial charge in [-0.15, -0.1) is 0 Å². The van der Waals surface area contributed by atoms with E-state index in [1.807, 2.05) is 25.7 Å². The van der Waals surface area contributed by atoms with E-state index >= 15 is 0 Å². The second kappa shape index (κ2) is 6.52. The number of carbonyl (C=O) groups excluding carboxylic acids is 1. The first-order valence-electron chi connectivity index (χ1n) is 8.76. The molecule has 126 valence electrons. The van der Waals surface area contributed by atoms with E-state index in [9.17, 15) is 4.79 Å². The van der Waals surface area contributed by atoms with Crippen LogP contribution >= 0.6 is 0 Å². The molecule has 1 aromatic rings. The van der Waals surface area contributed by atoms with E-state index in [0.717, 1.165) is 13.0 Å². The van der Waals surface area contributed by atoms with Gasteiger partial charge in [0.05, 0.1) is 6.04 Å². The lowest BCUT2D eigenvalue weighted by molar-refractivity contribution is 0.0194. The number of ether oxygens (including phenoxy) is 1. The van der Waals surface area contributed by atoms with Crippen LogP contribution in [0.15, 0.2) is 18.2 Å². The zero-order valence-electron chi connectivity index (χ0n) is 14.5. The predicted molar refractivity (Wildman–Crippen MR) is 91.6 cm³/mol. The molecule has 0 radical (unpaired) electrons. The van der Waals surface area contributed by atoms with Gasteiger partial charge < -0.3 is 15.0 Å². The average molecular weight is 316 g/mol. The number of nitrogens with one attached hydrogen (secondary N) is 1. The molecular weight excluding hydrogens is 288 g/mol. The number of rotatable bonds is 1. The highest BCUT2D eigenvalue weighted by molar-refractivity contribution is 5.68. The number of amides is 1. The van der Waals surface area contributed by atoms with Gasteiger partial charge in [-0.25, -0.2) is 4.79 Å². The standard InChI is InChI=1S/C19H28N2O2/c1-19(2,3)23-18(22)21-12-11-20-17(13-21)16-10-6-8-14-7-4-5-9-15(14)16/h6,8,10,17,20H,4-5,7,9,11-13H2,1-3H3. The molecule has 2 aliphatic rings. The van der Waals surface area contributed by atoms with Crippen molar-refractivity contribution in [2.75, 3.05) is 19.6 Å². The molecule has 0 aromatic heterocycles. The molecule has 0 spiro atoms. The third-order valence-corrected chi connectivity index (χ3v) is 4.63. The van der Waals surface area contributed by atoms with Crippen molar-refractivity contribution in [3.05, 3.63) is 34.9 Å². The lowest BCUT2D eigenvalue weighted by Gasteiger charge is -2.36. The lowest BCUT2D eigenvalue weighted by Crippen LogP contribution is -2.50. The molecule has 3 rings (SSSR count). The number of piperazine rings is 1. The fourth-order valence-corrected chi connectivity index (χ4v) is 3.59. The van der Waals surface area contributed by atoms with Crippen LogP contribution < -0.4 is 5.32 Å². The lowest BCUT2D eigenvalue weighted by atomic mass is 9.85. The highest BCUT2D eigenvalue weighted by Crippen LogP contribution is 2.29. The van der Waals surface area contributed by atoms with Crippen LogP contribution in [0.1, 0.15) is 56.3 Å². The summed E-state index contributed by atoms with van der Waals surface area (Å²) in [5, 5.41) is 3.58. The summed E-state index contributed by atoms with van der Waals surface area (Å²) in [6, 6.07) is 6.85. The number of nitrogens with zero attached hydrogens (tertiary/aromatic N) is 1. The Morgan fingerprint density at radius 3 is 2.83 bits per heavy atom. The van der Waals surface area contributed by atoms with E-state index in [0.29, 0.717) is 13.1 Å². The van der Waals surface area contributed by atoms with Gasteiger partial charge >= 0.3 is 6.09 Å². The summed E-state index contributed by atoms with van der Waals surface area (Å²) in [6.45, 7) is 7.95. The van der Waals surface area contributed by atoms with E-state index in [2.05, 4.69) is 23.5 Å². The van der Waals surface area contributed by atoms with Gasteiger partial charge in [0.25, 0.3) is 0 Å². The van der Waals surface area contributed by atoms with Crippen LogP contribution in [0.2, 0.25) is 0 Å². The maximum Gasteiger partial charge on any atom is 0.410 e. The minimum atomic E-state index is -0.441. The quantitative estimate of drug-likeness (QED) is 0.863. The van der Waals surface area contributed by atoms with Crippen LogP contribution in [0.5, 0.6) is 0 Å². The number of hydrogen-bond acceptors (Lipinski definition) is 3. The fourth-order valence-electron chi connectivity index (χ4n) is 3.59. The molecule has 1 saturated heterocycles. The summed E-state index contributed by atoms with van der Waals surface area (Å²) >= 11 is 0. The van der Waals surface area contributed by atoms with Crippen molar-refractivity contribution in [1.82, 2.24) is 10.2 Å². The topological polar surface area (TPSA) is 41.6 Å². The summed E-state index contributed by atoms with van der Waals surface area (Å²) in [4.78, 5) is 14.2. The summed E-state index contributed by atoms with van der Waals surface area (Å²) in [7, 11) is 0. The second-order valence-corrected chi connectivity index (χ2v) is 7.63. The minimum Gasteiger partial charge on any atom is -0.444 e. The summed E-state index contributed by atoms with van der Waals surface area (Å²) in [6.07, 6.45) is 4.71. The van der Waals surface area contributed by atoms with Gasteiger partial charge in [0.1, 0.15) is 5.60 Å². The van der Waals surface area contributed by atoms with Gasteiger partial charge in [-0.05, 0) is 63.1 Å². The zero-order chi connectivity index (χ0) is 16.4. The van der Waals surface area contributed by atoms with E-state index in [-0.39, 0.29) is 12.1 Å². The van der Waals surface area contributed by atoms with Crippen molar-refractivity contribution in [2.24, 2.45) is 0 Å². The van der Waals surface area contributed by atoms with E-state index in [1.165, 1.54) is 36.0 Å². The summed E-state index contributed by atoms with van der Waals surface area (Å²) in [5.41, 5.74) is 3.92. The Morgan fingerprint density at radius 2 is 2.04 bits per heavy atom. The first-order chi connectivity index (χ1) is 10.9. The smallest absolute Gasteiger partial charge is 0.410 e. The Labute approximate surface area is 139 Å². The summed E-state index contributed by atoms with van der Waals surface area (Å²) < 4.78 is 5.53.